The molecule has 0 saturated carbocycles. The van der Waals surface area contributed by atoms with Crippen molar-refractivity contribution in [3.8, 4) is 0 Å². The molecular formula is C15H24N2. The molecule has 0 amide bonds. The first-order chi connectivity index (χ1) is 8.02. The van der Waals surface area contributed by atoms with Crippen LogP contribution in [-0.2, 0) is 0 Å². The molecule has 0 radical (unpaired) electrons. The maximum Gasteiger partial charge on any atom is 0.0475 e. The van der Waals surface area contributed by atoms with Gasteiger partial charge in [-0.25, -0.2) is 0 Å². The number of benzene rings is 1. The van der Waals surface area contributed by atoms with Crippen LogP contribution in [0.2, 0.25) is 0 Å². The van der Waals surface area contributed by atoms with Gasteiger partial charge in [0, 0.05) is 25.7 Å². The summed E-state index contributed by atoms with van der Waals surface area (Å²) in [5, 5.41) is 3.52. The van der Waals surface area contributed by atoms with Gasteiger partial charge in [0.05, 0.1) is 0 Å². The van der Waals surface area contributed by atoms with Crippen molar-refractivity contribution in [1.29, 1.82) is 0 Å². The molecule has 1 atom stereocenters. The maximum atomic E-state index is 3.52. The second kappa shape index (κ2) is 4.79. The highest BCUT2D eigenvalue weighted by atomic mass is 15.2. The van der Waals surface area contributed by atoms with Crippen LogP contribution in [0.15, 0.2) is 6.07 Å². The van der Waals surface area contributed by atoms with E-state index in [1.54, 1.807) is 0 Å². The van der Waals surface area contributed by atoms with E-state index in [0.29, 0.717) is 6.04 Å². The molecule has 2 nitrogen and oxygen atoms in total. The molecule has 1 aliphatic rings. The number of piperazine rings is 1. The number of rotatable bonds is 1. The van der Waals surface area contributed by atoms with Crippen molar-refractivity contribution in [3.05, 3.63) is 33.9 Å². The fourth-order valence-corrected chi connectivity index (χ4v) is 2.88. The molecule has 17 heavy (non-hydrogen) atoms. The third kappa shape index (κ3) is 2.24. The average molecular weight is 232 g/mol. The van der Waals surface area contributed by atoms with Crippen LogP contribution >= 0.6 is 0 Å². The monoisotopic (exact) mass is 232 g/mol. The topological polar surface area (TPSA) is 15.3 Å². The van der Waals surface area contributed by atoms with Crippen molar-refractivity contribution in [2.45, 2.75) is 33.7 Å². The van der Waals surface area contributed by atoms with E-state index >= 15 is 0 Å². The van der Waals surface area contributed by atoms with E-state index in [0.717, 1.165) is 19.6 Å². The standard InChI is InChI=1S/C15H24N2/c1-10-8-11(2)13(4)15(12(10)3)14-9-16-6-7-17(14)5/h8,14,16H,6-7,9H2,1-5H3. The van der Waals surface area contributed by atoms with Gasteiger partial charge >= 0.3 is 0 Å². The van der Waals surface area contributed by atoms with Gasteiger partial charge in [-0.2, -0.15) is 0 Å². The Hall–Kier alpha value is -0.860. The molecule has 1 saturated heterocycles. The molecule has 0 aliphatic carbocycles. The van der Waals surface area contributed by atoms with Crippen LogP contribution in [0.1, 0.15) is 33.9 Å². The Bertz CT molecular complexity index is 397. The predicted octanol–water partition coefficient (Wildman–Crippen LogP) is 2.50. The van der Waals surface area contributed by atoms with Crippen LogP contribution in [0.5, 0.6) is 0 Å². The van der Waals surface area contributed by atoms with Gasteiger partial charge in [0.2, 0.25) is 0 Å². The van der Waals surface area contributed by atoms with Crippen molar-refractivity contribution < 1.29 is 0 Å². The van der Waals surface area contributed by atoms with Gasteiger partial charge in [0.25, 0.3) is 0 Å². The second-order valence-electron chi connectivity index (χ2n) is 5.37. The molecule has 0 spiro atoms. The Labute approximate surface area is 105 Å². The van der Waals surface area contributed by atoms with E-state index < -0.39 is 0 Å². The minimum Gasteiger partial charge on any atom is -0.314 e. The summed E-state index contributed by atoms with van der Waals surface area (Å²) >= 11 is 0. The van der Waals surface area contributed by atoms with Crippen LogP contribution in [0, 0.1) is 27.7 Å². The summed E-state index contributed by atoms with van der Waals surface area (Å²) < 4.78 is 0. The van der Waals surface area contributed by atoms with E-state index in [9.17, 15) is 0 Å². The van der Waals surface area contributed by atoms with Crippen molar-refractivity contribution in [3.63, 3.8) is 0 Å². The Kier molecular flexibility index (Phi) is 3.55. The molecule has 1 fully saturated rings. The summed E-state index contributed by atoms with van der Waals surface area (Å²) in [6, 6.07) is 2.84. The molecule has 1 aromatic rings. The lowest BCUT2D eigenvalue weighted by atomic mass is 9.88. The maximum absolute atomic E-state index is 3.52. The molecule has 1 N–H and O–H groups in total. The lowest BCUT2D eigenvalue weighted by Gasteiger charge is -2.36. The lowest BCUT2D eigenvalue weighted by Crippen LogP contribution is -2.44. The van der Waals surface area contributed by atoms with Crippen molar-refractivity contribution in [2.75, 3.05) is 26.7 Å². The molecule has 0 bridgehead atoms. The Balaban J connectivity index is 2.49. The van der Waals surface area contributed by atoms with Gasteiger partial charge in [-0.3, -0.25) is 4.90 Å². The van der Waals surface area contributed by atoms with Crippen LogP contribution in [0.3, 0.4) is 0 Å². The normalized spacial score (nSPS) is 21.8. The molecule has 1 aromatic carbocycles. The minimum absolute atomic E-state index is 0.530. The highest BCUT2D eigenvalue weighted by molar-refractivity contribution is 5.46. The Morgan fingerprint density at radius 1 is 1.12 bits per heavy atom. The zero-order valence-electron chi connectivity index (χ0n) is 11.7. The summed E-state index contributed by atoms with van der Waals surface area (Å²) in [7, 11) is 2.24. The van der Waals surface area contributed by atoms with Gasteiger partial charge in [-0.1, -0.05) is 6.07 Å². The summed E-state index contributed by atoms with van der Waals surface area (Å²) in [6.45, 7) is 12.3. The van der Waals surface area contributed by atoms with Crippen LogP contribution < -0.4 is 5.32 Å². The van der Waals surface area contributed by atoms with E-state index in [1.807, 2.05) is 0 Å². The average Bonchev–Trinajstić information content (AvgIpc) is 2.29. The first kappa shape index (κ1) is 12.6. The zero-order chi connectivity index (χ0) is 12.6. The molecular weight excluding hydrogens is 208 g/mol. The van der Waals surface area contributed by atoms with Crippen LogP contribution in [-0.4, -0.2) is 31.6 Å². The number of nitrogens with one attached hydrogen (secondary N) is 1. The molecule has 1 aliphatic heterocycles. The SMILES string of the molecule is Cc1cc(C)c(C)c(C2CNCCN2C)c1C. The highest BCUT2D eigenvalue weighted by Gasteiger charge is 2.24. The molecule has 1 heterocycles. The number of likely N-dealkylation sites (N-methyl/N-ethyl adjacent to an activating group) is 1. The van der Waals surface area contributed by atoms with Crippen molar-refractivity contribution in [1.82, 2.24) is 10.2 Å². The fraction of sp³-hybridized carbons (Fsp3) is 0.600. The van der Waals surface area contributed by atoms with E-state index in [1.165, 1.54) is 27.8 Å². The molecule has 94 valence electrons. The van der Waals surface area contributed by atoms with Gasteiger partial charge in [-0.15, -0.1) is 0 Å². The Morgan fingerprint density at radius 3 is 2.24 bits per heavy atom. The van der Waals surface area contributed by atoms with Gasteiger partial charge in [0.1, 0.15) is 0 Å². The van der Waals surface area contributed by atoms with E-state index in [4.69, 9.17) is 0 Å². The van der Waals surface area contributed by atoms with E-state index in [-0.39, 0.29) is 0 Å². The number of hydrogen-bond donors (Lipinski definition) is 1. The summed E-state index contributed by atoms with van der Waals surface area (Å²) in [6.07, 6.45) is 0. The second-order valence-corrected chi connectivity index (χ2v) is 5.37. The zero-order valence-corrected chi connectivity index (χ0v) is 11.7. The smallest absolute Gasteiger partial charge is 0.0475 e. The van der Waals surface area contributed by atoms with Crippen LogP contribution in [0.25, 0.3) is 0 Å². The third-order valence-electron chi connectivity index (χ3n) is 4.27. The number of aryl methyl sites for hydroxylation is 2. The summed E-state index contributed by atoms with van der Waals surface area (Å²) in [5.74, 6) is 0. The first-order valence-electron chi connectivity index (χ1n) is 6.50. The summed E-state index contributed by atoms with van der Waals surface area (Å²) in [5.41, 5.74) is 7.31. The fourth-order valence-electron chi connectivity index (χ4n) is 2.88. The Morgan fingerprint density at radius 2 is 1.71 bits per heavy atom. The number of hydrogen-bond acceptors (Lipinski definition) is 2. The molecule has 0 aromatic heterocycles. The lowest BCUT2D eigenvalue weighted by molar-refractivity contribution is 0.201. The van der Waals surface area contributed by atoms with Crippen molar-refractivity contribution >= 4 is 0 Å². The first-order valence-corrected chi connectivity index (χ1v) is 6.50. The largest absolute Gasteiger partial charge is 0.314 e. The van der Waals surface area contributed by atoms with Crippen LogP contribution in [0.4, 0.5) is 0 Å². The molecule has 2 rings (SSSR count). The van der Waals surface area contributed by atoms with E-state index in [2.05, 4.69) is 51.0 Å². The predicted molar refractivity (Wildman–Crippen MR) is 73.6 cm³/mol. The summed E-state index contributed by atoms with van der Waals surface area (Å²) in [4.78, 5) is 2.48. The quantitative estimate of drug-likeness (QED) is 0.800. The van der Waals surface area contributed by atoms with Gasteiger partial charge in [-0.05, 0) is 62.6 Å². The minimum atomic E-state index is 0.530. The number of nitrogens with zero attached hydrogens (tertiary/aromatic N) is 1. The van der Waals surface area contributed by atoms with Crippen molar-refractivity contribution in [2.24, 2.45) is 0 Å². The molecule has 2 heteroatoms. The molecule has 1 unspecified atom stereocenters. The third-order valence-corrected chi connectivity index (χ3v) is 4.27. The highest BCUT2D eigenvalue weighted by Crippen LogP contribution is 2.30. The van der Waals surface area contributed by atoms with Gasteiger partial charge in [0.15, 0.2) is 0 Å². The van der Waals surface area contributed by atoms with Gasteiger partial charge < -0.3 is 5.32 Å².